The second kappa shape index (κ2) is 6.69. The number of benzene rings is 1. The lowest BCUT2D eigenvalue weighted by Crippen LogP contribution is -2.24. The van der Waals surface area contributed by atoms with E-state index in [0.29, 0.717) is 6.54 Å². The molecular formula is C16H18N2O. The highest BCUT2D eigenvalue weighted by molar-refractivity contribution is 5.94. The largest absolute Gasteiger partial charge is 0.352 e. The molecule has 0 spiro atoms. The van der Waals surface area contributed by atoms with Crippen molar-refractivity contribution in [2.75, 3.05) is 6.54 Å². The molecule has 1 aromatic carbocycles. The molecule has 2 aromatic rings. The van der Waals surface area contributed by atoms with Gasteiger partial charge in [-0.15, -0.1) is 0 Å². The molecule has 3 heteroatoms. The predicted molar refractivity (Wildman–Crippen MR) is 76.1 cm³/mol. The molecule has 0 aliphatic carbocycles. The van der Waals surface area contributed by atoms with Gasteiger partial charge in [-0.05, 0) is 49.6 Å². The number of amides is 1. The zero-order chi connectivity index (χ0) is 13.5. The molecule has 0 radical (unpaired) electrons. The third kappa shape index (κ3) is 4.21. The van der Waals surface area contributed by atoms with Gasteiger partial charge in [0.1, 0.15) is 0 Å². The lowest BCUT2D eigenvalue weighted by Gasteiger charge is -2.06. The van der Waals surface area contributed by atoms with E-state index in [4.69, 9.17) is 0 Å². The number of carbonyl (C=O) groups excluding carboxylic acids is 1. The zero-order valence-corrected chi connectivity index (χ0v) is 11.1. The average molecular weight is 254 g/mol. The van der Waals surface area contributed by atoms with Crippen LogP contribution in [0.2, 0.25) is 0 Å². The maximum atomic E-state index is 11.9. The molecular weight excluding hydrogens is 236 g/mol. The van der Waals surface area contributed by atoms with E-state index in [0.717, 1.165) is 24.0 Å². The topological polar surface area (TPSA) is 42.0 Å². The molecule has 0 aliphatic rings. The number of nitrogens with one attached hydrogen (secondary N) is 1. The Labute approximate surface area is 113 Å². The van der Waals surface area contributed by atoms with E-state index in [1.54, 1.807) is 12.4 Å². The quantitative estimate of drug-likeness (QED) is 0.834. The highest BCUT2D eigenvalue weighted by atomic mass is 16.1. The molecule has 0 fully saturated rings. The molecule has 3 nitrogen and oxygen atoms in total. The van der Waals surface area contributed by atoms with Crippen LogP contribution in [0.3, 0.4) is 0 Å². The molecule has 0 aliphatic heterocycles. The lowest BCUT2D eigenvalue weighted by molar-refractivity contribution is 0.0953. The van der Waals surface area contributed by atoms with Crippen molar-refractivity contribution in [3.05, 3.63) is 65.5 Å². The van der Waals surface area contributed by atoms with Crippen molar-refractivity contribution in [1.29, 1.82) is 0 Å². The standard InChI is InChI=1S/C16H18N2O/c1-13-4-2-6-15(12-13)16(19)18-9-3-5-14-7-10-17-11-8-14/h2,4,6-8,10-12H,3,5,9H2,1H3,(H,18,19). The summed E-state index contributed by atoms with van der Waals surface area (Å²) in [6, 6.07) is 11.6. The van der Waals surface area contributed by atoms with Gasteiger partial charge < -0.3 is 5.32 Å². The van der Waals surface area contributed by atoms with Gasteiger partial charge in [-0.1, -0.05) is 17.7 Å². The predicted octanol–water partition coefficient (Wildman–Crippen LogP) is 2.75. The summed E-state index contributed by atoms with van der Waals surface area (Å²) in [7, 11) is 0. The molecule has 19 heavy (non-hydrogen) atoms. The average Bonchev–Trinajstić information content (AvgIpc) is 2.44. The first-order valence-corrected chi connectivity index (χ1v) is 6.49. The SMILES string of the molecule is Cc1cccc(C(=O)NCCCc2ccncc2)c1. The van der Waals surface area contributed by atoms with Crippen LogP contribution in [0.1, 0.15) is 27.9 Å². The lowest BCUT2D eigenvalue weighted by atomic mass is 10.1. The molecule has 1 heterocycles. The third-order valence-corrected chi connectivity index (χ3v) is 2.96. The van der Waals surface area contributed by atoms with Crippen LogP contribution >= 0.6 is 0 Å². The maximum Gasteiger partial charge on any atom is 0.251 e. The van der Waals surface area contributed by atoms with Crippen molar-refractivity contribution in [1.82, 2.24) is 10.3 Å². The Morgan fingerprint density at radius 1 is 1.21 bits per heavy atom. The number of rotatable bonds is 5. The van der Waals surface area contributed by atoms with Gasteiger partial charge in [-0.2, -0.15) is 0 Å². The summed E-state index contributed by atoms with van der Waals surface area (Å²) >= 11 is 0. The van der Waals surface area contributed by atoms with Crippen LogP contribution < -0.4 is 5.32 Å². The van der Waals surface area contributed by atoms with Crippen LogP contribution in [0.25, 0.3) is 0 Å². The van der Waals surface area contributed by atoms with Crippen molar-refractivity contribution < 1.29 is 4.79 Å². The monoisotopic (exact) mass is 254 g/mol. The Morgan fingerprint density at radius 3 is 2.74 bits per heavy atom. The summed E-state index contributed by atoms with van der Waals surface area (Å²) < 4.78 is 0. The van der Waals surface area contributed by atoms with Crippen LogP contribution in [-0.4, -0.2) is 17.4 Å². The van der Waals surface area contributed by atoms with Gasteiger partial charge in [-0.25, -0.2) is 0 Å². The van der Waals surface area contributed by atoms with Gasteiger partial charge in [0, 0.05) is 24.5 Å². The van der Waals surface area contributed by atoms with Crippen molar-refractivity contribution in [3.8, 4) is 0 Å². The van der Waals surface area contributed by atoms with Crippen molar-refractivity contribution in [2.45, 2.75) is 19.8 Å². The van der Waals surface area contributed by atoms with Crippen LogP contribution in [0, 0.1) is 6.92 Å². The molecule has 1 aromatic heterocycles. The molecule has 2 rings (SSSR count). The number of nitrogens with zero attached hydrogens (tertiary/aromatic N) is 1. The van der Waals surface area contributed by atoms with Crippen molar-refractivity contribution >= 4 is 5.91 Å². The number of carbonyl (C=O) groups is 1. The molecule has 0 saturated carbocycles. The van der Waals surface area contributed by atoms with Crippen LogP contribution in [-0.2, 0) is 6.42 Å². The van der Waals surface area contributed by atoms with Crippen LogP contribution in [0.15, 0.2) is 48.8 Å². The van der Waals surface area contributed by atoms with Gasteiger partial charge >= 0.3 is 0 Å². The number of hydrogen-bond donors (Lipinski definition) is 1. The third-order valence-electron chi connectivity index (χ3n) is 2.96. The number of aryl methyl sites for hydroxylation is 2. The van der Waals surface area contributed by atoms with Gasteiger partial charge in [0.05, 0.1) is 0 Å². The van der Waals surface area contributed by atoms with Crippen LogP contribution in [0.5, 0.6) is 0 Å². The van der Waals surface area contributed by atoms with Crippen molar-refractivity contribution in [2.24, 2.45) is 0 Å². The zero-order valence-electron chi connectivity index (χ0n) is 11.1. The summed E-state index contributed by atoms with van der Waals surface area (Å²) in [5.74, 6) is -0.00146. The van der Waals surface area contributed by atoms with E-state index < -0.39 is 0 Å². The summed E-state index contributed by atoms with van der Waals surface area (Å²) in [4.78, 5) is 15.9. The number of aromatic nitrogens is 1. The van der Waals surface area contributed by atoms with E-state index in [2.05, 4.69) is 10.3 Å². The molecule has 1 N–H and O–H groups in total. The Balaban J connectivity index is 1.75. The van der Waals surface area contributed by atoms with E-state index in [9.17, 15) is 4.79 Å². The first kappa shape index (κ1) is 13.3. The fourth-order valence-corrected chi connectivity index (χ4v) is 1.93. The van der Waals surface area contributed by atoms with E-state index in [-0.39, 0.29) is 5.91 Å². The summed E-state index contributed by atoms with van der Waals surface area (Å²) in [5.41, 5.74) is 3.08. The van der Waals surface area contributed by atoms with Crippen LogP contribution in [0.4, 0.5) is 0 Å². The van der Waals surface area contributed by atoms with E-state index in [1.807, 2.05) is 43.3 Å². The van der Waals surface area contributed by atoms with E-state index >= 15 is 0 Å². The minimum absolute atomic E-state index is 0.00146. The Hall–Kier alpha value is -2.16. The van der Waals surface area contributed by atoms with Crippen molar-refractivity contribution in [3.63, 3.8) is 0 Å². The highest BCUT2D eigenvalue weighted by Crippen LogP contribution is 2.04. The first-order chi connectivity index (χ1) is 9.25. The molecule has 0 atom stereocenters. The smallest absolute Gasteiger partial charge is 0.251 e. The second-order valence-corrected chi connectivity index (χ2v) is 4.58. The summed E-state index contributed by atoms with van der Waals surface area (Å²) in [6.45, 7) is 2.68. The fourth-order valence-electron chi connectivity index (χ4n) is 1.93. The summed E-state index contributed by atoms with van der Waals surface area (Å²) in [6.07, 6.45) is 5.47. The van der Waals surface area contributed by atoms with Gasteiger partial charge in [0.25, 0.3) is 5.91 Å². The highest BCUT2D eigenvalue weighted by Gasteiger charge is 2.04. The molecule has 98 valence electrons. The van der Waals surface area contributed by atoms with Gasteiger partial charge in [0.15, 0.2) is 0 Å². The maximum absolute atomic E-state index is 11.9. The Bertz CT molecular complexity index is 537. The minimum atomic E-state index is -0.00146. The minimum Gasteiger partial charge on any atom is -0.352 e. The van der Waals surface area contributed by atoms with Gasteiger partial charge in [-0.3, -0.25) is 9.78 Å². The van der Waals surface area contributed by atoms with E-state index in [1.165, 1.54) is 5.56 Å². The number of hydrogen-bond acceptors (Lipinski definition) is 2. The normalized spacial score (nSPS) is 10.2. The summed E-state index contributed by atoms with van der Waals surface area (Å²) in [5, 5.41) is 2.94. The Kier molecular flexibility index (Phi) is 4.67. The molecule has 0 saturated heterocycles. The Morgan fingerprint density at radius 2 is 2.00 bits per heavy atom. The van der Waals surface area contributed by atoms with Gasteiger partial charge in [0.2, 0.25) is 0 Å². The first-order valence-electron chi connectivity index (χ1n) is 6.49. The second-order valence-electron chi connectivity index (χ2n) is 4.58. The number of pyridine rings is 1. The molecule has 0 bridgehead atoms. The fraction of sp³-hybridized carbons (Fsp3) is 0.250. The molecule has 0 unspecified atom stereocenters. The molecule has 1 amide bonds.